The second-order valence-corrected chi connectivity index (χ2v) is 6.60. The average Bonchev–Trinajstić information content (AvgIpc) is 2.75. The number of benzene rings is 1. The van der Waals surface area contributed by atoms with Crippen molar-refractivity contribution in [1.29, 1.82) is 0 Å². The summed E-state index contributed by atoms with van der Waals surface area (Å²) in [7, 11) is 3.34. The summed E-state index contributed by atoms with van der Waals surface area (Å²) in [6.45, 7) is 7.95. The van der Waals surface area contributed by atoms with E-state index in [-0.39, 0.29) is 47.8 Å². The Kier molecular flexibility index (Phi) is 20.6. The van der Waals surface area contributed by atoms with E-state index >= 15 is 0 Å². The van der Waals surface area contributed by atoms with Crippen molar-refractivity contribution < 1.29 is 20.5 Å². The minimum atomic E-state index is 0. The molecule has 182 valence electrons. The molecule has 0 unspecified atom stereocenters. The van der Waals surface area contributed by atoms with Gasteiger partial charge in [-0.1, -0.05) is 30.3 Å². The molecular weight excluding hydrogens is 447 g/mol. The summed E-state index contributed by atoms with van der Waals surface area (Å²) in [6, 6.07) is 10.5. The number of hydrogen-bond donors (Lipinski definition) is 3. The van der Waals surface area contributed by atoms with Crippen LogP contribution in [-0.2, 0) is 6.54 Å². The fraction of sp³-hybridized carbons (Fsp3) is 0.579. The van der Waals surface area contributed by atoms with Crippen molar-refractivity contribution in [2.24, 2.45) is 0 Å². The molecule has 0 bridgehead atoms. The number of carbonyl (C=O) groups excluding carboxylic acids is 2. The van der Waals surface area contributed by atoms with Gasteiger partial charge >= 0.3 is 12.1 Å². The minimum absolute atomic E-state index is 0. The zero-order valence-electron chi connectivity index (χ0n) is 18.2. The monoisotopic (exact) mass is 484 g/mol. The number of urea groups is 2. The first-order valence-corrected chi connectivity index (χ1v) is 9.54. The molecule has 3 rings (SSSR count). The van der Waals surface area contributed by atoms with E-state index in [1.54, 1.807) is 19.0 Å². The summed E-state index contributed by atoms with van der Waals surface area (Å²) in [6.07, 6.45) is 0. The predicted molar refractivity (Wildman–Crippen MR) is 128 cm³/mol. The van der Waals surface area contributed by atoms with Crippen LogP contribution in [0, 0.1) is 0 Å². The Bertz CT molecular complexity index is 586. The van der Waals surface area contributed by atoms with Crippen LogP contribution in [0.3, 0.4) is 0 Å². The largest absolute Gasteiger partial charge is 0.412 e. The number of nitrogens with one attached hydrogen (secondary N) is 3. The molecule has 31 heavy (non-hydrogen) atoms. The molecule has 10 nitrogen and oxygen atoms in total. The smallest absolute Gasteiger partial charge is 0.317 e. The zero-order chi connectivity index (χ0) is 19.5. The highest BCUT2D eigenvalue weighted by molar-refractivity contribution is 5.85. The van der Waals surface area contributed by atoms with Crippen LogP contribution in [-0.4, -0.2) is 104 Å². The van der Waals surface area contributed by atoms with Crippen LogP contribution in [0.15, 0.2) is 30.3 Å². The van der Waals surface area contributed by atoms with Gasteiger partial charge < -0.3 is 36.7 Å². The van der Waals surface area contributed by atoms with Gasteiger partial charge in [-0.15, -0.1) is 24.8 Å². The lowest BCUT2D eigenvalue weighted by Gasteiger charge is -2.34. The van der Waals surface area contributed by atoms with E-state index in [2.05, 4.69) is 45.1 Å². The summed E-state index contributed by atoms with van der Waals surface area (Å²) < 4.78 is 0. The van der Waals surface area contributed by atoms with Crippen molar-refractivity contribution >= 4 is 36.9 Å². The van der Waals surface area contributed by atoms with Gasteiger partial charge in [0.25, 0.3) is 0 Å². The first-order valence-electron chi connectivity index (χ1n) is 9.54. The number of nitrogens with zero attached hydrogens (tertiary/aromatic N) is 3. The number of rotatable bonds is 2. The first-order chi connectivity index (χ1) is 13.1. The lowest BCUT2D eigenvalue weighted by Crippen LogP contribution is -2.50. The molecule has 0 atom stereocenters. The summed E-state index contributed by atoms with van der Waals surface area (Å²) in [5, 5.41) is 8.43. The summed E-state index contributed by atoms with van der Waals surface area (Å²) in [5.41, 5.74) is 1.33. The molecule has 1 aromatic rings. The SMILES string of the molecule is CNC(=O)N1CCN(Cc2ccccc2)CC1.CNC(=O)N1CCNCC1.Cl.Cl.O.O. The molecule has 12 heteroatoms. The van der Waals surface area contributed by atoms with E-state index in [1.165, 1.54) is 5.56 Å². The Morgan fingerprint density at radius 2 is 1.26 bits per heavy atom. The van der Waals surface area contributed by atoms with Crippen LogP contribution in [0.25, 0.3) is 0 Å². The molecule has 0 aromatic heterocycles. The molecule has 0 aliphatic carbocycles. The normalized spacial score (nSPS) is 15.3. The Morgan fingerprint density at radius 3 is 1.71 bits per heavy atom. The molecule has 2 aliphatic rings. The Morgan fingerprint density at radius 1 is 0.806 bits per heavy atom. The quantitative estimate of drug-likeness (QED) is 0.522. The van der Waals surface area contributed by atoms with Gasteiger partial charge in [-0.05, 0) is 5.56 Å². The third-order valence-corrected chi connectivity index (χ3v) is 4.74. The third kappa shape index (κ3) is 12.0. The summed E-state index contributed by atoms with van der Waals surface area (Å²) in [5.74, 6) is 0. The molecule has 2 fully saturated rings. The van der Waals surface area contributed by atoms with E-state index in [9.17, 15) is 9.59 Å². The molecule has 4 amide bonds. The summed E-state index contributed by atoms with van der Waals surface area (Å²) in [4.78, 5) is 28.4. The van der Waals surface area contributed by atoms with Gasteiger partial charge in [0, 0.05) is 73.0 Å². The predicted octanol–water partition coefficient (Wildman–Crippen LogP) is -0.431. The Balaban J connectivity index is -0.000000493. The Hall–Kier alpha value is -1.82. The van der Waals surface area contributed by atoms with Crippen LogP contribution >= 0.6 is 24.8 Å². The molecule has 2 heterocycles. The topological polar surface area (TPSA) is 143 Å². The molecule has 7 N–H and O–H groups in total. The van der Waals surface area contributed by atoms with Crippen molar-refractivity contribution in [3.05, 3.63) is 35.9 Å². The van der Waals surface area contributed by atoms with Crippen LogP contribution < -0.4 is 16.0 Å². The van der Waals surface area contributed by atoms with Gasteiger partial charge in [-0.3, -0.25) is 4.90 Å². The highest BCUT2D eigenvalue weighted by Gasteiger charge is 2.19. The number of halogens is 2. The van der Waals surface area contributed by atoms with Crippen molar-refractivity contribution in [2.75, 3.05) is 66.5 Å². The van der Waals surface area contributed by atoms with Crippen LogP contribution in [0.1, 0.15) is 5.56 Å². The lowest BCUT2D eigenvalue weighted by atomic mass is 10.2. The van der Waals surface area contributed by atoms with E-state index in [4.69, 9.17) is 0 Å². The maximum atomic E-state index is 11.4. The van der Waals surface area contributed by atoms with Crippen molar-refractivity contribution in [3.8, 4) is 0 Å². The number of piperazine rings is 2. The highest BCUT2D eigenvalue weighted by atomic mass is 35.5. The van der Waals surface area contributed by atoms with Crippen LogP contribution in [0.4, 0.5) is 9.59 Å². The fourth-order valence-electron chi connectivity index (χ4n) is 3.13. The number of carbonyl (C=O) groups is 2. The minimum Gasteiger partial charge on any atom is -0.412 e. The van der Waals surface area contributed by atoms with Crippen molar-refractivity contribution in [1.82, 2.24) is 30.7 Å². The highest BCUT2D eigenvalue weighted by Crippen LogP contribution is 2.08. The molecule has 2 aliphatic heterocycles. The molecule has 0 saturated carbocycles. The molecule has 1 aromatic carbocycles. The van der Waals surface area contributed by atoms with Crippen molar-refractivity contribution in [3.63, 3.8) is 0 Å². The van der Waals surface area contributed by atoms with Crippen LogP contribution in [0.5, 0.6) is 0 Å². The third-order valence-electron chi connectivity index (χ3n) is 4.74. The van der Waals surface area contributed by atoms with Crippen molar-refractivity contribution in [2.45, 2.75) is 6.54 Å². The summed E-state index contributed by atoms with van der Waals surface area (Å²) >= 11 is 0. The van der Waals surface area contributed by atoms with E-state index < -0.39 is 0 Å². The van der Waals surface area contributed by atoms with Gasteiger partial charge in [-0.25, -0.2) is 9.59 Å². The maximum absolute atomic E-state index is 11.4. The molecule has 0 spiro atoms. The second kappa shape index (κ2) is 18.9. The maximum Gasteiger partial charge on any atom is 0.317 e. The number of hydrogen-bond acceptors (Lipinski definition) is 4. The first kappa shape index (κ1) is 33.8. The second-order valence-electron chi connectivity index (χ2n) is 6.60. The van der Waals surface area contributed by atoms with Crippen LogP contribution in [0.2, 0.25) is 0 Å². The standard InChI is InChI=1S/C13H19N3O.C6H13N3O.2ClH.2H2O/c1-14-13(17)16-9-7-15(8-10-16)11-12-5-3-2-4-6-12;1-7-6(10)9-4-2-8-3-5-9;;;;/h2-6H,7-11H2,1H3,(H,14,17);8H,2-5H2,1H3,(H,7,10);2*1H;2*1H2. The van der Waals surface area contributed by atoms with Gasteiger partial charge in [0.2, 0.25) is 0 Å². The Labute approximate surface area is 197 Å². The van der Waals surface area contributed by atoms with Gasteiger partial charge in [0.1, 0.15) is 0 Å². The molecular formula is C19H38Cl2N6O4. The number of amides is 4. The van der Waals surface area contributed by atoms with E-state index in [1.807, 2.05) is 11.0 Å². The van der Waals surface area contributed by atoms with Gasteiger partial charge in [0.05, 0.1) is 0 Å². The fourth-order valence-corrected chi connectivity index (χ4v) is 3.13. The zero-order valence-corrected chi connectivity index (χ0v) is 19.9. The molecule has 0 radical (unpaired) electrons. The average molecular weight is 485 g/mol. The van der Waals surface area contributed by atoms with E-state index in [0.717, 1.165) is 58.9 Å². The van der Waals surface area contributed by atoms with Gasteiger partial charge in [0.15, 0.2) is 0 Å². The lowest BCUT2D eigenvalue weighted by molar-refractivity contribution is 0.136. The molecule has 2 saturated heterocycles. The van der Waals surface area contributed by atoms with Gasteiger partial charge in [-0.2, -0.15) is 0 Å². The van der Waals surface area contributed by atoms with E-state index in [0.29, 0.717) is 0 Å².